The maximum atomic E-state index is 11.5. The summed E-state index contributed by atoms with van der Waals surface area (Å²) in [4.78, 5) is 13.2. The van der Waals surface area contributed by atoms with Crippen molar-refractivity contribution in [3.05, 3.63) is 0 Å². The van der Waals surface area contributed by atoms with Crippen LogP contribution in [0.5, 0.6) is 0 Å². The smallest absolute Gasteiger partial charge is 0.334 e. The van der Waals surface area contributed by atoms with Crippen molar-refractivity contribution >= 4 is 6.03 Å². The van der Waals surface area contributed by atoms with Crippen molar-refractivity contribution in [3.63, 3.8) is 0 Å². The zero-order valence-electron chi connectivity index (χ0n) is 9.15. The van der Waals surface area contributed by atoms with Crippen molar-refractivity contribution in [1.82, 2.24) is 9.91 Å². The monoisotopic (exact) mass is 217 g/mol. The SMILES string of the molecule is COCCOCCN1CCCN(N)C1=O. The highest BCUT2D eigenvalue weighted by Crippen LogP contribution is 2.04. The Labute approximate surface area is 89.9 Å². The average Bonchev–Trinajstić information content (AvgIpc) is 2.24. The van der Waals surface area contributed by atoms with E-state index in [2.05, 4.69) is 0 Å². The molecule has 1 saturated heterocycles. The van der Waals surface area contributed by atoms with E-state index in [0.29, 0.717) is 32.9 Å². The molecule has 0 unspecified atom stereocenters. The van der Waals surface area contributed by atoms with Crippen molar-refractivity contribution in [2.75, 3.05) is 46.6 Å². The van der Waals surface area contributed by atoms with E-state index in [1.54, 1.807) is 12.0 Å². The molecule has 1 fully saturated rings. The van der Waals surface area contributed by atoms with E-state index in [-0.39, 0.29) is 6.03 Å². The number of hydrogen-bond donors (Lipinski definition) is 1. The van der Waals surface area contributed by atoms with Crippen molar-refractivity contribution in [2.24, 2.45) is 5.84 Å². The highest BCUT2D eigenvalue weighted by molar-refractivity contribution is 5.74. The molecule has 2 amide bonds. The molecule has 0 bridgehead atoms. The lowest BCUT2D eigenvalue weighted by Gasteiger charge is -2.32. The van der Waals surface area contributed by atoms with Gasteiger partial charge >= 0.3 is 6.03 Å². The third-order valence-electron chi connectivity index (χ3n) is 2.28. The molecular formula is C9H19N3O3. The van der Waals surface area contributed by atoms with Crippen LogP contribution in [-0.4, -0.2) is 62.5 Å². The molecule has 15 heavy (non-hydrogen) atoms. The predicted molar refractivity (Wildman–Crippen MR) is 55.2 cm³/mol. The summed E-state index contributed by atoms with van der Waals surface area (Å²) < 4.78 is 10.1. The summed E-state index contributed by atoms with van der Waals surface area (Å²) in [5.74, 6) is 5.50. The summed E-state index contributed by atoms with van der Waals surface area (Å²) in [6.07, 6.45) is 0.917. The molecule has 6 nitrogen and oxygen atoms in total. The van der Waals surface area contributed by atoms with E-state index in [4.69, 9.17) is 15.3 Å². The molecule has 0 aromatic carbocycles. The van der Waals surface area contributed by atoms with Gasteiger partial charge < -0.3 is 14.4 Å². The lowest BCUT2D eigenvalue weighted by Crippen LogP contribution is -2.53. The molecule has 1 rings (SSSR count). The summed E-state index contributed by atoms with van der Waals surface area (Å²) in [5, 5.41) is 1.25. The molecule has 0 aliphatic carbocycles. The number of ether oxygens (including phenoxy) is 2. The molecule has 1 aliphatic rings. The number of rotatable bonds is 6. The van der Waals surface area contributed by atoms with Crippen molar-refractivity contribution < 1.29 is 14.3 Å². The molecule has 0 radical (unpaired) electrons. The van der Waals surface area contributed by atoms with Gasteiger partial charge in [0.2, 0.25) is 0 Å². The number of urea groups is 1. The van der Waals surface area contributed by atoms with Crippen LogP contribution in [0.1, 0.15) is 6.42 Å². The summed E-state index contributed by atoms with van der Waals surface area (Å²) in [7, 11) is 1.63. The number of carbonyl (C=O) groups excluding carboxylic acids is 1. The first-order chi connectivity index (χ1) is 7.25. The van der Waals surface area contributed by atoms with Crippen molar-refractivity contribution in [2.45, 2.75) is 6.42 Å². The second-order valence-corrected chi connectivity index (χ2v) is 3.42. The summed E-state index contributed by atoms with van der Waals surface area (Å²) in [6.45, 7) is 3.67. The maximum absolute atomic E-state index is 11.5. The Bertz CT molecular complexity index is 201. The Morgan fingerprint density at radius 1 is 1.33 bits per heavy atom. The van der Waals surface area contributed by atoms with Crippen LogP contribution in [0.2, 0.25) is 0 Å². The van der Waals surface area contributed by atoms with Gasteiger partial charge in [-0.05, 0) is 6.42 Å². The summed E-state index contributed by atoms with van der Waals surface area (Å²) in [5.41, 5.74) is 0. The normalized spacial score (nSPS) is 17.3. The molecule has 0 atom stereocenters. The molecule has 0 spiro atoms. The van der Waals surface area contributed by atoms with E-state index in [0.717, 1.165) is 13.0 Å². The Hall–Kier alpha value is -0.850. The summed E-state index contributed by atoms with van der Waals surface area (Å²) in [6, 6.07) is -0.114. The first-order valence-corrected chi connectivity index (χ1v) is 5.13. The van der Waals surface area contributed by atoms with Crippen LogP contribution < -0.4 is 5.84 Å². The number of nitrogens with zero attached hydrogens (tertiary/aromatic N) is 2. The van der Waals surface area contributed by atoms with E-state index in [9.17, 15) is 4.79 Å². The average molecular weight is 217 g/mol. The molecule has 88 valence electrons. The van der Waals surface area contributed by atoms with Crippen molar-refractivity contribution in [1.29, 1.82) is 0 Å². The van der Waals surface area contributed by atoms with Crippen LogP contribution in [0.15, 0.2) is 0 Å². The third kappa shape index (κ3) is 4.03. The molecule has 1 heterocycles. The Kier molecular flexibility index (Phi) is 5.38. The van der Waals surface area contributed by atoms with E-state index in [1.807, 2.05) is 0 Å². The second kappa shape index (κ2) is 6.60. The molecule has 0 aromatic rings. The van der Waals surface area contributed by atoms with Gasteiger partial charge in [0.05, 0.1) is 19.8 Å². The van der Waals surface area contributed by atoms with E-state index in [1.165, 1.54) is 5.01 Å². The zero-order chi connectivity index (χ0) is 11.1. The fourth-order valence-electron chi connectivity index (χ4n) is 1.43. The second-order valence-electron chi connectivity index (χ2n) is 3.42. The third-order valence-corrected chi connectivity index (χ3v) is 2.28. The highest BCUT2D eigenvalue weighted by atomic mass is 16.5. The van der Waals surface area contributed by atoms with E-state index >= 15 is 0 Å². The van der Waals surface area contributed by atoms with Gasteiger partial charge in [-0.2, -0.15) is 0 Å². The predicted octanol–water partition coefficient (Wildman–Crippen LogP) is -0.349. The van der Waals surface area contributed by atoms with Crippen LogP contribution in [0.25, 0.3) is 0 Å². The first kappa shape index (κ1) is 12.2. The van der Waals surface area contributed by atoms with Crippen LogP contribution >= 0.6 is 0 Å². The largest absolute Gasteiger partial charge is 0.382 e. The van der Waals surface area contributed by atoms with Crippen LogP contribution in [-0.2, 0) is 9.47 Å². The fraction of sp³-hybridized carbons (Fsp3) is 0.889. The minimum absolute atomic E-state index is 0.114. The quantitative estimate of drug-likeness (QED) is 0.375. The number of hydrogen-bond acceptors (Lipinski definition) is 4. The van der Waals surface area contributed by atoms with Gasteiger partial charge in [0.1, 0.15) is 0 Å². The minimum Gasteiger partial charge on any atom is -0.382 e. The Morgan fingerprint density at radius 3 is 2.87 bits per heavy atom. The van der Waals surface area contributed by atoms with Gasteiger partial charge in [0.25, 0.3) is 0 Å². The summed E-state index contributed by atoms with van der Waals surface area (Å²) >= 11 is 0. The standard InChI is InChI=1S/C9H19N3O3/c1-14-7-8-15-6-5-11-3-2-4-12(10)9(11)13/h2-8,10H2,1H3. The van der Waals surface area contributed by atoms with Gasteiger partial charge in [-0.25, -0.2) is 10.6 Å². The first-order valence-electron chi connectivity index (χ1n) is 5.13. The number of hydrazine groups is 1. The zero-order valence-corrected chi connectivity index (χ0v) is 9.15. The van der Waals surface area contributed by atoms with Crippen molar-refractivity contribution in [3.8, 4) is 0 Å². The molecule has 6 heteroatoms. The molecule has 2 N–H and O–H groups in total. The molecule has 1 aliphatic heterocycles. The molecule has 0 saturated carbocycles. The lowest BCUT2D eigenvalue weighted by molar-refractivity contribution is 0.0536. The highest BCUT2D eigenvalue weighted by Gasteiger charge is 2.22. The van der Waals surface area contributed by atoms with Crippen LogP contribution in [0, 0.1) is 0 Å². The number of nitrogens with two attached hydrogens (primary N) is 1. The van der Waals surface area contributed by atoms with E-state index < -0.39 is 0 Å². The van der Waals surface area contributed by atoms with Crippen LogP contribution in [0.3, 0.4) is 0 Å². The topological polar surface area (TPSA) is 68.0 Å². The van der Waals surface area contributed by atoms with Gasteiger partial charge in [-0.3, -0.25) is 5.01 Å². The minimum atomic E-state index is -0.114. The van der Waals surface area contributed by atoms with Gasteiger partial charge in [-0.1, -0.05) is 0 Å². The number of amides is 2. The Morgan fingerprint density at radius 2 is 2.13 bits per heavy atom. The fourth-order valence-corrected chi connectivity index (χ4v) is 1.43. The van der Waals surface area contributed by atoms with Crippen LogP contribution in [0.4, 0.5) is 4.79 Å². The maximum Gasteiger partial charge on any atom is 0.334 e. The number of methoxy groups -OCH3 is 1. The lowest BCUT2D eigenvalue weighted by atomic mass is 10.3. The molecule has 0 aromatic heterocycles. The van der Waals surface area contributed by atoms with Gasteiger partial charge in [0, 0.05) is 26.7 Å². The Balaban J connectivity index is 2.12. The number of carbonyl (C=O) groups is 1. The van der Waals surface area contributed by atoms with Gasteiger partial charge in [0.15, 0.2) is 0 Å². The van der Waals surface area contributed by atoms with Gasteiger partial charge in [-0.15, -0.1) is 0 Å². The molecular weight excluding hydrogens is 198 g/mol.